The molecule has 0 aliphatic heterocycles. The fourth-order valence-corrected chi connectivity index (χ4v) is 3.58. The van der Waals surface area contributed by atoms with E-state index in [0.29, 0.717) is 12.3 Å². The second-order valence-corrected chi connectivity index (χ2v) is 8.74. The Morgan fingerprint density at radius 2 is 2.07 bits per heavy atom. The van der Waals surface area contributed by atoms with Gasteiger partial charge >= 0.3 is 6.09 Å². The maximum atomic E-state index is 13.4. The summed E-state index contributed by atoms with van der Waals surface area (Å²) in [5.74, 6) is 0.488. The lowest BCUT2D eigenvalue weighted by molar-refractivity contribution is 0.0635. The summed E-state index contributed by atoms with van der Waals surface area (Å²) in [4.78, 5) is 12.0. The summed E-state index contributed by atoms with van der Waals surface area (Å²) in [5, 5.41) is 15.0. The minimum atomic E-state index is -2.78. The smallest absolute Gasteiger partial charge is 0.412 e. The van der Waals surface area contributed by atoms with Crippen LogP contribution in [0.4, 0.5) is 19.3 Å². The SMILES string of the molecule is CC(C)(C)OC(=O)Nc1cn([C@H]2CC[C@H](/C=C/CCCCC#N)CC2)nc1C(F)F. The van der Waals surface area contributed by atoms with Crippen molar-refractivity contribution < 1.29 is 18.3 Å². The molecule has 0 aromatic carbocycles. The number of aromatic nitrogens is 2. The Labute approximate surface area is 177 Å². The first-order chi connectivity index (χ1) is 14.2. The third-order valence-corrected chi connectivity index (χ3v) is 5.04. The predicted octanol–water partition coefficient (Wildman–Crippen LogP) is 6.54. The second-order valence-electron chi connectivity index (χ2n) is 8.74. The van der Waals surface area contributed by atoms with Crippen LogP contribution in [-0.2, 0) is 4.74 Å². The van der Waals surface area contributed by atoms with E-state index < -0.39 is 23.8 Å². The van der Waals surface area contributed by atoms with Crippen LogP contribution in [0.2, 0.25) is 0 Å². The first-order valence-corrected chi connectivity index (χ1v) is 10.6. The van der Waals surface area contributed by atoms with Gasteiger partial charge in [-0.05, 0) is 71.6 Å². The quantitative estimate of drug-likeness (QED) is 0.381. The lowest BCUT2D eigenvalue weighted by atomic mass is 9.85. The van der Waals surface area contributed by atoms with E-state index in [2.05, 4.69) is 28.6 Å². The molecule has 0 unspecified atom stereocenters. The summed E-state index contributed by atoms with van der Waals surface area (Å²) in [6.07, 6.45) is 9.54. The number of rotatable bonds is 8. The van der Waals surface area contributed by atoms with Crippen LogP contribution in [0.15, 0.2) is 18.3 Å². The topological polar surface area (TPSA) is 79.9 Å². The molecule has 6 nitrogen and oxygen atoms in total. The molecule has 1 aromatic rings. The summed E-state index contributed by atoms with van der Waals surface area (Å²) in [5.41, 5.74) is -1.15. The number of nitriles is 1. The van der Waals surface area contributed by atoms with Gasteiger partial charge < -0.3 is 4.74 Å². The molecular formula is C22H32F2N4O2. The molecule has 0 bridgehead atoms. The van der Waals surface area contributed by atoms with Crippen LogP contribution in [-0.4, -0.2) is 21.5 Å². The Kier molecular flexibility index (Phi) is 8.82. The zero-order valence-corrected chi connectivity index (χ0v) is 18.0. The van der Waals surface area contributed by atoms with Crippen LogP contribution in [0.3, 0.4) is 0 Å². The number of nitrogens with zero attached hydrogens (tertiary/aromatic N) is 3. The first kappa shape index (κ1) is 23.8. The molecule has 8 heteroatoms. The van der Waals surface area contributed by atoms with Gasteiger partial charge in [-0.15, -0.1) is 0 Å². The molecular weight excluding hydrogens is 390 g/mol. The van der Waals surface area contributed by atoms with Gasteiger partial charge in [0.05, 0.1) is 17.8 Å². The number of alkyl halides is 2. The highest BCUT2D eigenvalue weighted by molar-refractivity contribution is 5.85. The van der Waals surface area contributed by atoms with Crippen LogP contribution < -0.4 is 5.32 Å². The summed E-state index contributed by atoms with van der Waals surface area (Å²) in [6.45, 7) is 5.13. The predicted molar refractivity (Wildman–Crippen MR) is 111 cm³/mol. The van der Waals surface area contributed by atoms with Gasteiger partial charge in [0.25, 0.3) is 6.43 Å². The molecule has 1 aliphatic rings. The highest BCUT2D eigenvalue weighted by atomic mass is 19.3. The zero-order valence-electron chi connectivity index (χ0n) is 18.0. The number of anilines is 1. The number of amides is 1. The molecule has 0 spiro atoms. The number of hydrogen-bond donors (Lipinski definition) is 1. The third kappa shape index (κ3) is 7.77. The molecule has 30 heavy (non-hydrogen) atoms. The van der Waals surface area contributed by atoms with Crippen molar-refractivity contribution in [1.29, 1.82) is 5.26 Å². The summed E-state index contributed by atoms with van der Waals surface area (Å²) in [6, 6.07) is 2.19. The van der Waals surface area contributed by atoms with Crippen LogP contribution >= 0.6 is 0 Å². The number of allylic oxidation sites excluding steroid dienone is 2. The van der Waals surface area contributed by atoms with Crippen LogP contribution in [0.5, 0.6) is 0 Å². The molecule has 1 heterocycles. The van der Waals surface area contributed by atoms with E-state index in [9.17, 15) is 13.6 Å². The van der Waals surface area contributed by atoms with E-state index in [-0.39, 0.29) is 11.7 Å². The van der Waals surface area contributed by atoms with Gasteiger partial charge in [-0.1, -0.05) is 12.2 Å². The molecule has 1 N–H and O–H groups in total. The number of ether oxygens (including phenoxy) is 1. The maximum absolute atomic E-state index is 13.4. The van der Waals surface area contributed by atoms with Crippen molar-refractivity contribution >= 4 is 11.8 Å². The van der Waals surface area contributed by atoms with Gasteiger partial charge in [0.15, 0.2) is 5.69 Å². The van der Waals surface area contributed by atoms with Gasteiger partial charge in [-0.3, -0.25) is 10.00 Å². The van der Waals surface area contributed by atoms with E-state index >= 15 is 0 Å². The van der Waals surface area contributed by atoms with Crippen molar-refractivity contribution in [2.24, 2.45) is 5.92 Å². The normalized spacial score (nSPS) is 19.8. The Hall–Kier alpha value is -2.43. The number of carbonyl (C=O) groups excluding carboxylic acids is 1. The molecule has 0 atom stereocenters. The Balaban J connectivity index is 1.91. The molecule has 1 amide bonds. The van der Waals surface area contributed by atoms with Crippen molar-refractivity contribution in [2.45, 2.75) is 90.2 Å². The fraction of sp³-hybridized carbons (Fsp3) is 0.682. The molecule has 1 fully saturated rings. The largest absolute Gasteiger partial charge is 0.444 e. The second kappa shape index (κ2) is 11.1. The first-order valence-electron chi connectivity index (χ1n) is 10.6. The number of carbonyl (C=O) groups is 1. The maximum Gasteiger partial charge on any atom is 0.412 e. The van der Waals surface area contributed by atoms with E-state index in [1.165, 1.54) is 6.20 Å². The summed E-state index contributed by atoms with van der Waals surface area (Å²) in [7, 11) is 0. The third-order valence-electron chi connectivity index (χ3n) is 5.04. The Morgan fingerprint density at radius 3 is 2.67 bits per heavy atom. The molecule has 1 saturated carbocycles. The van der Waals surface area contributed by atoms with Gasteiger partial charge in [0, 0.05) is 12.6 Å². The van der Waals surface area contributed by atoms with Gasteiger partial charge in [0.1, 0.15) is 5.60 Å². The lowest BCUT2D eigenvalue weighted by Crippen LogP contribution is -2.27. The summed E-state index contributed by atoms with van der Waals surface area (Å²) >= 11 is 0. The molecule has 166 valence electrons. The molecule has 0 radical (unpaired) electrons. The highest BCUT2D eigenvalue weighted by Crippen LogP contribution is 2.35. The fourth-order valence-electron chi connectivity index (χ4n) is 3.58. The van der Waals surface area contributed by atoms with Crippen molar-refractivity contribution in [3.05, 3.63) is 24.0 Å². The Bertz CT molecular complexity index is 754. The summed E-state index contributed by atoms with van der Waals surface area (Å²) < 4.78 is 33.6. The van der Waals surface area contributed by atoms with Crippen molar-refractivity contribution in [3.63, 3.8) is 0 Å². The lowest BCUT2D eigenvalue weighted by Gasteiger charge is -2.27. The number of unbranched alkanes of at least 4 members (excludes halogenated alkanes) is 3. The zero-order chi connectivity index (χ0) is 22.1. The van der Waals surface area contributed by atoms with Gasteiger partial charge in [-0.2, -0.15) is 10.4 Å². The molecule has 1 aliphatic carbocycles. The number of halogens is 2. The van der Waals surface area contributed by atoms with E-state index in [0.717, 1.165) is 44.9 Å². The number of nitrogens with one attached hydrogen (secondary N) is 1. The Morgan fingerprint density at radius 1 is 1.37 bits per heavy atom. The van der Waals surface area contributed by atoms with E-state index in [1.807, 2.05) is 0 Å². The average Bonchev–Trinajstić information content (AvgIpc) is 3.07. The average molecular weight is 423 g/mol. The minimum Gasteiger partial charge on any atom is -0.444 e. The number of hydrogen-bond acceptors (Lipinski definition) is 4. The molecule has 0 saturated heterocycles. The van der Waals surface area contributed by atoms with Crippen molar-refractivity contribution in [3.8, 4) is 6.07 Å². The van der Waals surface area contributed by atoms with Crippen molar-refractivity contribution in [1.82, 2.24) is 9.78 Å². The van der Waals surface area contributed by atoms with Gasteiger partial charge in [0.2, 0.25) is 0 Å². The standard InChI is InChI=1S/C22H32F2N4O2/c1-22(2,3)30-21(29)26-18-15-28(27-19(18)20(23)24)17-12-10-16(11-13-17)9-7-5-4-6-8-14-25/h7,9,15-17,20H,4-6,8,10-13H2,1-3H3,(H,26,29)/b9-7+/t16-,17-. The van der Waals surface area contributed by atoms with E-state index in [1.54, 1.807) is 25.5 Å². The minimum absolute atomic E-state index is 0.00126. The molecule has 2 rings (SSSR count). The molecule has 1 aromatic heterocycles. The van der Waals surface area contributed by atoms with Crippen LogP contribution in [0, 0.1) is 17.2 Å². The van der Waals surface area contributed by atoms with Gasteiger partial charge in [-0.25, -0.2) is 13.6 Å². The van der Waals surface area contributed by atoms with Crippen LogP contribution in [0.25, 0.3) is 0 Å². The monoisotopic (exact) mass is 422 g/mol. The van der Waals surface area contributed by atoms with E-state index in [4.69, 9.17) is 10.00 Å². The van der Waals surface area contributed by atoms with Crippen molar-refractivity contribution in [2.75, 3.05) is 5.32 Å². The highest BCUT2D eigenvalue weighted by Gasteiger charge is 2.27. The van der Waals surface area contributed by atoms with Crippen LogP contribution in [0.1, 0.15) is 90.3 Å².